The van der Waals surface area contributed by atoms with E-state index in [0.717, 1.165) is 5.56 Å². The lowest BCUT2D eigenvalue weighted by molar-refractivity contribution is -0.231. The van der Waals surface area contributed by atoms with Crippen LogP contribution in [0, 0.1) is 0 Å². The van der Waals surface area contributed by atoms with Gasteiger partial charge in [-0.1, -0.05) is 60.6 Å². The molecule has 5 atom stereocenters. The van der Waals surface area contributed by atoms with Gasteiger partial charge < -0.3 is 14.2 Å². The van der Waals surface area contributed by atoms with Crippen LogP contribution < -0.4 is 0 Å². The standard InChI is InChI=1S/C21H22FN3O4/c1-2-16-18(27-13-14-9-5-3-6-10-14)19(17(24-25-23)20(22)28-16)29-21(26)15-11-7-4-8-12-15/h3-12,16-20H,2,13H2,1H3/t16?,17?,18-,19+,20+/m0/s1. The normalized spacial score (nSPS) is 26.3. The van der Waals surface area contributed by atoms with Gasteiger partial charge in [0.1, 0.15) is 18.2 Å². The molecule has 2 aromatic carbocycles. The van der Waals surface area contributed by atoms with Crippen molar-refractivity contribution in [1.29, 1.82) is 0 Å². The number of benzene rings is 2. The highest BCUT2D eigenvalue weighted by Crippen LogP contribution is 2.31. The number of nitrogens with zero attached hydrogens (tertiary/aromatic N) is 3. The van der Waals surface area contributed by atoms with Gasteiger partial charge in [0.2, 0.25) is 6.36 Å². The first-order valence-electron chi connectivity index (χ1n) is 9.39. The van der Waals surface area contributed by atoms with E-state index in [1.807, 2.05) is 37.3 Å². The monoisotopic (exact) mass is 399 g/mol. The Morgan fingerprint density at radius 3 is 2.41 bits per heavy atom. The molecule has 7 nitrogen and oxygen atoms in total. The van der Waals surface area contributed by atoms with E-state index in [9.17, 15) is 9.18 Å². The summed E-state index contributed by atoms with van der Waals surface area (Å²) in [6.45, 7) is 2.03. The smallest absolute Gasteiger partial charge is 0.338 e. The Morgan fingerprint density at radius 2 is 1.79 bits per heavy atom. The molecule has 1 aliphatic rings. The molecule has 0 amide bonds. The Labute approximate surface area is 168 Å². The summed E-state index contributed by atoms with van der Waals surface area (Å²) in [4.78, 5) is 15.3. The maximum Gasteiger partial charge on any atom is 0.338 e. The molecule has 0 saturated carbocycles. The van der Waals surface area contributed by atoms with E-state index in [1.54, 1.807) is 30.3 Å². The average molecular weight is 399 g/mol. The van der Waals surface area contributed by atoms with Crippen LogP contribution in [-0.2, 0) is 20.8 Å². The third kappa shape index (κ3) is 5.12. The minimum Gasteiger partial charge on any atom is -0.455 e. The molecule has 1 fully saturated rings. The van der Waals surface area contributed by atoms with Gasteiger partial charge in [-0.25, -0.2) is 9.18 Å². The molecule has 0 radical (unpaired) electrons. The van der Waals surface area contributed by atoms with Crippen molar-refractivity contribution in [2.75, 3.05) is 0 Å². The van der Waals surface area contributed by atoms with Crippen LogP contribution >= 0.6 is 0 Å². The molecule has 29 heavy (non-hydrogen) atoms. The Bertz CT molecular complexity index is 846. The Morgan fingerprint density at radius 1 is 1.14 bits per heavy atom. The largest absolute Gasteiger partial charge is 0.455 e. The maximum atomic E-state index is 14.6. The van der Waals surface area contributed by atoms with E-state index >= 15 is 0 Å². The topological polar surface area (TPSA) is 93.5 Å². The van der Waals surface area contributed by atoms with E-state index < -0.39 is 36.7 Å². The van der Waals surface area contributed by atoms with Gasteiger partial charge in [0.15, 0.2) is 0 Å². The van der Waals surface area contributed by atoms with Crippen LogP contribution in [0.3, 0.4) is 0 Å². The van der Waals surface area contributed by atoms with Gasteiger partial charge in [-0.05, 0) is 29.6 Å². The number of hydrogen-bond acceptors (Lipinski definition) is 5. The predicted molar refractivity (Wildman–Crippen MR) is 104 cm³/mol. The summed E-state index contributed by atoms with van der Waals surface area (Å²) in [5, 5.41) is 3.49. The van der Waals surface area contributed by atoms with Crippen molar-refractivity contribution >= 4 is 5.97 Å². The van der Waals surface area contributed by atoms with Crippen molar-refractivity contribution in [1.82, 2.24) is 0 Å². The number of rotatable bonds is 7. The molecule has 1 heterocycles. The Balaban J connectivity index is 1.86. The molecule has 0 N–H and O–H groups in total. The van der Waals surface area contributed by atoms with E-state index in [1.165, 1.54) is 0 Å². The summed E-state index contributed by atoms with van der Waals surface area (Å²) in [5.41, 5.74) is 10.1. The second kappa shape index (κ2) is 10.0. The fourth-order valence-corrected chi connectivity index (χ4v) is 3.26. The van der Waals surface area contributed by atoms with Gasteiger partial charge in [-0.15, -0.1) is 0 Å². The highest BCUT2D eigenvalue weighted by atomic mass is 19.1. The van der Waals surface area contributed by atoms with Gasteiger partial charge in [-0.3, -0.25) is 0 Å². The summed E-state index contributed by atoms with van der Waals surface area (Å²) in [5.74, 6) is -0.647. The molecular weight excluding hydrogens is 377 g/mol. The molecule has 152 valence electrons. The molecule has 0 spiro atoms. The second-order valence-electron chi connectivity index (χ2n) is 6.63. The number of azide groups is 1. The van der Waals surface area contributed by atoms with Gasteiger partial charge in [0.05, 0.1) is 18.3 Å². The summed E-state index contributed by atoms with van der Waals surface area (Å²) in [7, 11) is 0. The van der Waals surface area contributed by atoms with Crippen molar-refractivity contribution in [2.24, 2.45) is 5.11 Å². The molecule has 1 aliphatic heterocycles. The van der Waals surface area contributed by atoms with Gasteiger partial charge in [0, 0.05) is 4.91 Å². The number of esters is 1. The first-order valence-corrected chi connectivity index (χ1v) is 9.39. The molecule has 8 heteroatoms. The van der Waals surface area contributed by atoms with Gasteiger partial charge in [0.25, 0.3) is 0 Å². The minimum atomic E-state index is -1.90. The minimum absolute atomic E-state index is 0.213. The van der Waals surface area contributed by atoms with Gasteiger partial charge >= 0.3 is 5.97 Å². The summed E-state index contributed by atoms with van der Waals surface area (Å²) in [6.07, 6.45) is -4.05. The fourth-order valence-electron chi connectivity index (χ4n) is 3.26. The van der Waals surface area contributed by atoms with E-state index in [0.29, 0.717) is 12.0 Å². The first kappa shape index (κ1) is 20.8. The lowest BCUT2D eigenvalue weighted by atomic mass is 9.95. The first-order chi connectivity index (χ1) is 14.1. The molecule has 1 saturated heterocycles. The van der Waals surface area contributed by atoms with Crippen LogP contribution in [0.5, 0.6) is 0 Å². The van der Waals surface area contributed by atoms with E-state index in [2.05, 4.69) is 10.0 Å². The lowest BCUT2D eigenvalue weighted by Gasteiger charge is -2.41. The third-order valence-corrected chi connectivity index (χ3v) is 4.73. The molecule has 0 aromatic heterocycles. The highest BCUT2D eigenvalue weighted by Gasteiger charge is 2.48. The molecule has 2 unspecified atom stereocenters. The Kier molecular flexibility index (Phi) is 7.19. The number of carbonyl (C=O) groups excluding carboxylic acids is 1. The van der Waals surface area contributed by atoms with Crippen LogP contribution in [0.15, 0.2) is 65.8 Å². The van der Waals surface area contributed by atoms with Crippen LogP contribution in [0.4, 0.5) is 4.39 Å². The summed E-state index contributed by atoms with van der Waals surface area (Å²) >= 11 is 0. The molecule has 0 aliphatic carbocycles. The summed E-state index contributed by atoms with van der Waals surface area (Å²) < 4.78 is 31.5. The highest BCUT2D eigenvalue weighted by molar-refractivity contribution is 5.89. The Hall–Kier alpha value is -2.93. The lowest BCUT2D eigenvalue weighted by Crippen LogP contribution is -2.57. The van der Waals surface area contributed by atoms with Gasteiger partial charge in [-0.2, -0.15) is 0 Å². The van der Waals surface area contributed by atoms with Crippen molar-refractivity contribution in [3.63, 3.8) is 0 Å². The van der Waals surface area contributed by atoms with Crippen LogP contribution in [0.2, 0.25) is 0 Å². The molecule has 0 bridgehead atoms. The number of alkyl halides is 1. The van der Waals surface area contributed by atoms with Crippen LogP contribution in [-0.4, -0.2) is 36.7 Å². The quantitative estimate of drug-likeness (QED) is 0.295. The number of ether oxygens (including phenoxy) is 3. The fraction of sp³-hybridized carbons (Fsp3) is 0.381. The maximum absolute atomic E-state index is 14.6. The second-order valence-corrected chi connectivity index (χ2v) is 6.63. The van der Waals surface area contributed by atoms with E-state index in [-0.39, 0.29) is 6.61 Å². The molecular formula is C21H22FN3O4. The van der Waals surface area contributed by atoms with Crippen LogP contribution in [0.25, 0.3) is 10.4 Å². The zero-order chi connectivity index (χ0) is 20.6. The third-order valence-electron chi connectivity index (χ3n) is 4.73. The average Bonchev–Trinajstić information content (AvgIpc) is 2.76. The number of hydrogen-bond donors (Lipinski definition) is 0. The van der Waals surface area contributed by atoms with Crippen molar-refractivity contribution in [3.05, 3.63) is 82.2 Å². The predicted octanol–water partition coefficient (Wildman–Crippen LogP) is 4.58. The van der Waals surface area contributed by atoms with E-state index in [4.69, 9.17) is 19.7 Å². The van der Waals surface area contributed by atoms with Crippen molar-refractivity contribution in [2.45, 2.75) is 50.7 Å². The zero-order valence-corrected chi connectivity index (χ0v) is 15.9. The zero-order valence-electron chi connectivity index (χ0n) is 15.9. The molecule has 2 aromatic rings. The number of halogens is 1. The molecule has 3 rings (SSSR count). The van der Waals surface area contributed by atoms with Crippen molar-refractivity contribution in [3.8, 4) is 0 Å². The van der Waals surface area contributed by atoms with Crippen LogP contribution in [0.1, 0.15) is 29.3 Å². The summed E-state index contributed by atoms with van der Waals surface area (Å²) in [6, 6.07) is 16.4. The van der Waals surface area contributed by atoms with Crippen molar-refractivity contribution < 1.29 is 23.4 Å². The SMILES string of the molecule is CCC1O[C@@H](F)C(N=[N+]=[N-])[C@@H](OC(=O)c2ccccc2)[C@H]1OCc1ccccc1. The number of carbonyl (C=O) groups is 1.